The number of nitrogens with one attached hydrogen (secondary N) is 2. The number of anilines is 2. The van der Waals surface area contributed by atoms with E-state index >= 15 is 0 Å². The molecule has 0 aliphatic carbocycles. The van der Waals surface area contributed by atoms with Crippen molar-refractivity contribution in [3.8, 4) is 0 Å². The Hall–Kier alpha value is -2.05. The first kappa shape index (κ1) is 16.3. The molecule has 1 aliphatic rings. The van der Waals surface area contributed by atoms with E-state index in [0.717, 1.165) is 31.6 Å². The number of amides is 1. The van der Waals surface area contributed by atoms with Crippen molar-refractivity contribution >= 4 is 17.9 Å². The summed E-state index contributed by atoms with van der Waals surface area (Å²) in [6.07, 6.45) is 4.35. The Bertz CT molecular complexity index is 475. The number of carbonyl (C=O) groups excluding carboxylic acids is 1. The minimum atomic E-state index is -0.214. The fourth-order valence-electron chi connectivity index (χ4n) is 2.39. The van der Waals surface area contributed by atoms with Gasteiger partial charge in [-0.3, -0.25) is 0 Å². The number of hydrogen-bond acceptors (Lipinski definition) is 6. The monoisotopic (exact) mass is 307 g/mol. The molecule has 0 atom stereocenters. The fraction of sp³-hybridized carbons (Fsp3) is 0.667. The van der Waals surface area contributed by atoms with Gasteiger partial charge < -0.3 is 20.3 Å². The number of aromatic nitrogens is 2. The third-order valence-corrected chi connectivity index (χ3v) is 3.56. The van der Waals surface area contributed by atoms with Gasteiger partial charge >= 0.3 is 6.09 Å². The van der Waals surface area contributed by atoms with Crippen molar-refractivity contribution < 1.29 is 9.53 Å². The summed E-state index contributed by atoms with van der Waals surface area (Å²) < 4.78 is 5.03. The highest BCUT2D eigenvalue weighted by Crippen LogP contribution is 2.16. The van der Waals surface area contributed by atoms with Gasteiger partial charge in [-0.25, -0.2) is 9.78 Å². The minimum absolute atomic E-state index is 0.214. The lowest BCUT2D eigenvalue weighted by atomic mass is 10.1. The summed E-state index contributed by atoms with van der Waals surface area (Å²) in [5, 5.41) is 6.60. The van der Waals surface area contributed by atoms with E-state index in [1.807, 2.05) is 13.0 Å². The Labute approximate surface area is 131 Å². The van der Waals surface area contributed by atoms with Crippen LogP contribution < -0.4 is 10.6 Å². The van der Waals surface area contributed by atoms with Gasteiger partial charge in [-0.1, -0.05) is 6.92 Å². The van der Waals surface area contributed by atoms with Crippen LogP contribution >= 0.6 is 0 Å². The minimum Gasteiger partial charge on any atom is -0.450 e. The summed E-state index contributed by atoms with van der Waals surface area (Å²) in [5.74, 6) is 1.47. The summed E-state index contributed by atoms with van der Waals surface area (Å²) in [7, 11) is 0. The van der Waals surface area contributed by atoms with Gasteiger partial charge in [-0.05, 0) is 32.3 Å². The van der Waals surface area contributed by atoms with Crippen LogP contribution in [0.15, 0.2) is 12.3 Å². The highest BCUT2D eigenvalue weighted by molar-refractivity contribution is 5.67. The molecule has 7 heteroatoms. The van der Waals surface area contributed by atoms with Crippen LogP contribution in [-0.2, 0) is 4.74 Å². The maximum Gasteiger partial charge on any atom is 0.409 e. The molecule has 1 aliphatic heterocycles. The summed E-state index contributed by atoms with van der Waals surface area (Å²) >= 11 is 0. The second-order valence-corrected chi connectivity index (χ2v) is 5.30. The number of nitrogens with zero attached hydrogens (tertiary/aromatic N) is 3. The predicted octanol–water partition coefficient (Wildman–Crippen LogP) is 2.33. The molecule has 1 aromatic heterocycles. The first-order valence-corrected chi connectivity index (χ1v) is 7.98. The standard InChI is InChI=1S/C15H25N5O2/c1-3-8-16-14-17-9-5-13(19-14)18-12-6-10-20(11-7-12)15(21)22-4-2/h5,9,12H,3-4,6-8,10-11H2,1-2H3,(H2,16,17,18,19). The van der Waals surface area contributed by atoms with Gasteiger partial charge in [0.05, 0.1) is 6.61 Å². The van der Waals surface area contributed by atoms with Crippen LogP contribution in [0, 0.1) is 0 Å². The third-order valence-electron chi connectivity index (χ3n) is 3.56. The first-order chi connectivity index (χ1) is 10.7. The molecule has 1 aromatic rings. The molecule has 2 N–H and O–H groups in total. The number of rotatable bonds is 6. The number of ether oxygens (including phenoxy) is 1. The number of likely N-dealkylation sites (tertiary alicyclic amines) is 1. The number of hydrogen-bond donors (Lipinski definition) is 2. The Morgan fingerprint density at radius 3 is 2.86 bits per heavy atom. The normalized spacial score (nSPS) is 15.5. The van der Waals surface area contributed by atoms with E-state index in [0.29, 0.717) is 31.7 Å². The zero-order valence-corrected chi connectivity index (χ0v) is 13.3. The van der Waals surface area contributed by atoms with Crippen LogP contribution in [0.2, 0.25) is 0 Å². The lowest BCUT2D eigenvalue weighted by Gasteiger charge is -2.31. The highest BCUT2D eigenvalue weighted by Gasteiger charge is 2.23. The second kappa shape index (κ2) is 8.41. The summed E-state index contributed by atoms with van der Waals surface area (Å²) in [6.45, 7) is 6.63. The first-order valence-electron chi connectivity index (χ1n) is 7.98. The molecule has 1 amide bonds. The summed E-state index contributed by atoms with van der Waals surface area (Å²) in [5.41, 5.74) is 0. The molecule has 2 rings (SSSR count). The van der Waals surface area contributed by atoms with E-state index in [4.69, 9.17) is 4.74 Å². The molecule has 1 fully saturated rings. The zero-order valence-electron chi connectivity index (χ0n) is 13.3. The largest absolute Gasteiger partial charge is 0.450 e. The molecule has 0 bridgehead atoms. The molecule has 122 valence electrons. The molecule has 0 aromatic carbocycles. The maximum absolute atomic E-state index is 11.7. The van der Waals surface area contributed by atoms with Crippen LogP contribution in [-0.4, -0.2) is 53.2 Å². The van der Waals surface area contributed by atoms with Crippen molar-refractivity contribution in [1.29, 1.82) is 0 Å². The van der Waals surface area contributed by atoms with Gasteiger partial charge in [0.2, 0.25) is 5.95 Å². The van der Waals surface area contributed by atoms with Crippen LogP contribution in [0.25, 0.3) is 0 Å². The van der Waals surface area contributed by atoms with Crippen LogP contribution in [0.5, 0.6) is 0 Å². The Morgan fingerprint density at radius 2 is 2.18 bits per heavy atom. The molecular formula is C15H25N5O2. The average Bonchev–Trinajstić information content (AvgIpc) is 2.54. The van der Waals surface area contributed by atoms with E-state index in [-0.39, 0.29) is 6.09 Å². The second-order valence-electron chi connectivity index (χ2n) is 5.30. The van der Waals surface area contributed by atoms with Gasteiger partial charge in [-0.15, -0.1) is 0 Å². The van der Waals surface area contributed by atoms with Crippen molar-refractivity contribution in [1.82, 2.24) is 14.9 Å². The lowest BCUT2D eigenvalue weighted by Crippen LogP contribution is -2.42. The maximum atomic E-state index is 11.7. The molecule has 7 nitrogen and oxygen atoms in total. The highest BCUT2D eigenvalue weighted by atomic mass is 16.6. The Morgan fingerprint density at radius 1 is 1.41 bits per heavy atom. The molecule has 0 saturated carbocycles. The molecule has 0 radical (unpaired) electrons. The van der Waals surface area contributed by atoms with E-state index in [9.17, 15) is 4.79 Å². The lowest BCUT2D eigenvalue weighted by molar-refractivity contribution is 0.0983. The van der Waals surface area contributed by atoms with Crippen LogP contribution in [0.1, 0.15) is 33.1 Å². The van der Waals surface area contributed by atoms with Gasteiger partial charge in [0.15, 0.2) is 0 Å². The van der Waals surface area contributed by atoms with Crippen molar-refractivity contribution in [2.24, 2.45) is 0 Å². The molecular weight excluding hydrogens is 282 g/mol. The third kappa shape index (κ3) is 4.75. The van der Waals surface area contributed by atoms with Gasteiger partial charge in [0.25, 0.3) is 0 Å². The van der Waals surface area contributed by atoms with Gasteiger partial charge in [0.1, 0.15) is 5.82 Å². The fourth-order valence-corrected chi connectivity index (χ4v) is 2.39. The summed E-state index contributed by atoms with van der Waals surface area (Å²) in [6, 6.07) is 2.19. The SMILES string of the molecule is CCCNc1nccc(NC2CCN(C(=O)OCC)CC2)n1. The van der Waals surface area contributed by atoms with Crippen LogP contribution in [0.4, 0.5) is 16.6 Å². The van der Waals surface area contributed by atoms with E-state index in [1.165, 1.54) is 0 Å². The van der Waals surface area contributed by atoms with E-state index in [1.54, 1.807) is 11.1 Å². The Kier molecular flexibility index (Phi) is 6.24. The predicted molar refractivity (Wildman–Crippen MR) is 86.1 cm³/mol. The quantitative estimate of drug-likeness (QED) is 0.839. The zero-order chi connectivity index (χ0) is 15.8. The van der Waals surface area contributed by atoms with Crippen LogP contribution in [0.3, 0.4) is 0 Å². The van der Waals surface area contributed by atoms with Gasteiger partial charge in [0, 0.05) is 31.9 Å². The molecule has 0 spiro atoms. The average molecular weight is 307 g/mol. The van der Waals surface area contributed by atoms with E-state index in [2.05, 4.69) is 27.5 Å². The molecule has 0 unspecified atom stereocenters. The van der Waals surface area contributed by atoms with E-state index < -0.39 is 0 Å². The topological polar surface area (TPSA) is 79.4 Å². The van der Waals surface area contributed by atoms with Crippen molar-refractivity contribution in [3.63, 3.8) is 0 Å². The number of carbonyl (C=O) groups is 1. The molecule has 22 heavy (non-hydrogen) atoms. The smallest absolute Gasteiger partial charge is 0.409 e. The van der Waals surface area contributed by atoms with Gasteiger partial charge in [-0.2, -0.15) is 4.98 Å². The molecule has 2 heterocycles. The van der Waals surface area contributed by atoms with Crippen molar-refractivity contribution in [3.05, 3.63) is 12.3 Å². The number of piperidine rings is 1. The van der Waals surface area contributed by atoms with Crippen molar-refractivity contribution in [2.45, 2.75) is 39.2 Å². The molecule has 1 saturated heterocycles. The van der Waals surface area contributed by atoms with Crippen molar-refractivity contribution in [2.75, 3.05) is 36.9 Å². The summed E-state index contributed by atoms with van der Waals surface area (Å²) in [4.78, 5) is 22.1. The Balaban J connectivity index is 1.81.